The molecule has 2 nitrogen and oxygen atoms in total. The minimum absolute atomic E-state index is 0.00909. The van der Waals surface area contributed by atoms with Gasteiger partial charge in [0, 0.05) is 22.0 Å². The van der Waals surface area contributed by atoms with E-state index >= 15 is 0 Å². The summed E-state index contributed by atoms with van der Waals surface area (Å²) in [6.45, 7) is 9.01. The van der Waals surface area contributed by atoms with Crippen LogP contribution in [0.5, 0.6) is 0 Å². The van der Waals surface area contributed by atoms with Crippen LogP contribution in [-0.4, -0.2) is 10.8 Å². The van der Waals surface area contributed by atoms with E-state index in [4.69, 9.17) is 0 Å². The lowest BCUT2D eigenvalue weighted by Crippen LogP contribution is -2.40. The predicted molar refractivity (Wildman–Crippen MR) is 76.8 cm³/mol. The lowest BCUT2D eigenvalue weighted by atomic mass is 9.80. The van der Waals surface area contributed by atoms with Gasteiger partial charge in [0.2, 0.25) is 5.91 Å². The summed E-state index contributed by atoms with van der Waals surface area (Å²) in [6.07, 6.45) is 1.49. The second-order valence-corrected chi connectivity index (χ2v) is 6.26. The monoisotopic (exact) mass is 307 g/mol. The first-order valence-electron chi connectivity index (χ1n) is 6.15. The van der Waals surface area contributed by atoms with Gasteiger partial charge in [-0.2, -0.15) is 0 Å². The molecule has 0 saturated carbocycles. The van der Waals surface area contributed by atoms with Gasteiger partial charge < -0.3 is 4.90 Å². The Hall–Kier alpha value is -1.09. The molecule has 2 rings (SSSR count). The number of nitrogens with zero attached hydrogens (tertiary/aromatic N) is 1. The zero-order valence-electron chi connectivity index (χ0n) is 10.9. The van der Waals surface area contributed by atoms with Crippen LogP contribution in [0.4, 0.5) is 0 Å². The molecule has 0 bridgehead atoms. The number of likely N-dealkylation sites (tertiary alicyclic amines) is 1. The smallest absolute Gasteiger partial charge is 0.227 e. The minimum Gasteiger partial charge on any atom is -0.312 e. The molecule has 1 aromatic rings. The number of piperidine rings is 1. The largest absolute Gasteiger partial charge is 0.312 e. The van der Waals surface area contributed by atoms with Gasteiger partial charge in [-0.05, 0) is 18.1 Å². The van der Waals surface area contributed by atoms with Gasteiger partial charge in [0.1, 0.15) is 0 Å². The van der Waals surface area contributed by atoms with E-state index in [0.717, 1.165) is 22.2 Å². The van der Waals surface area contributed by atoms with Crippen molar-refractivity contribution in [2.24, 2.45) is 5.41 Å². The fraction of sp³-hybridized carbons (Fsp3) is 0.400. The number of amides is 1. The maximum absolute atomic E-state index is 12.1. The Morgan fingerprint density at radius 2 is 2.06 bits per heavy atom. The molecule has 0 spiro atoms. The zero-order valence-corrected chi connectivity index (χ0v) is 12.5. The van der Waals surface area contributed by atoms with Crippen molar-refractivity contribution in [1.82, 2.24) is 4.90 Å². The van der Waals surface area contributed by atoms with Crippen LogP contribution in [0.1, 0.15) is 32.3 Å². The SMILES string of the molecule is C=C1N(Cc2ccccc2Br)C(=O)CCC1(C)C. The first-order chi connectivity index (χ1) is 8.42. The number of carbonyl (C=O) groups excluding carboxylic acids is 1. The Labute approximate surface area is 117 Å². The molecule has 96 valence electrons. The van der Waals surface area contributed by atoms with E-state index in [-0.39, 0.29) is 11.3 Å². The molecule has 1 saturated heterocycles. The Morgan fingerprint density at radius 3 is 2.72 bits per heavy atom. The molecule has 0 atom stereocenters. The molecule has 1 fully saturated rings. The second-order valence-electron chi connectivity index (χ2n) is 5.40. The predicted octanol–water partition coefficient (Wildman–Crippen LogP) is 4.11. The molecule has 18 heavy (non-hydrogen) atoms. The quantitative estimate of drug-likeness (QED) is 0.805. The van der Waals surface area contributed by atoms with E-state index < -0.39 is 0 Å². The highest BCUT2D eigenvalue weighted by Gasteiger charge is 2.35. The van der Waals surface area contributed by atoms with Gasteiger partial charge >= 0.3 is 0 Å². The van der Waals surface area contributed by atoms with Crippen LogP contribution in [0.25, 0.3) is 0 Å². The van der Waals surface area contributed by atoms with Gasteiger partial charge in [-0.25, -0.2) is 0 Å². The standard InChI is InChI=1S/C15H18BrNO/c1-11-15(2,3)9-8-14(18)17(11)10-12-6-4-5-7-13(12)16/h4-7H,1,8-10H2,2-3H3. The summed E-state index contributed by atoms with van der Waals surface area (Å²) in [5.74, 6) is 0.176. The number of halogens is 1. The molecular formula is C15H18BrNO. The number of allylic oxidation sites excluding steroid dienone is 1. The number of benzene rings is 1. The molecule has 1 heterocycles. The third kappa shape index (κ3) is 2.51. The third-order valence-corrected chi connectivity index (χ3v) is 4.43. The van der Waals surface area contributed by atoms with Gasteiger partial charge in [0.05, 0.1) is 6.54 Å². The van der Waals surface area contributed by atoms with Gasteiger partial charge in [0.25, 0.3) is 0 Å². The fourth-order valence-electron chi connectivity index (χ4n) is 2.20. The van der Waals surface area contributed by atoms with Crippen LogP contribution in [-0.2, 0) is 11.3 Å². The number of hydrogen-bond donors (Lipinski definition) is 0. The first-order valence-corrected chi connectivity index (χ1v) is 6.94. The van der Waals surface area contributed by atoms with Crippen molar-refractivity contribution < 1.29 is 4.79 Å². The maximum atomic E-state index is 12.1. The first kappa shape index (κ1) is 13.3. The van der Waals surface area contributed by atoms with Crippen LogP contribution < -0.4 is 0 Å². The second kappa shape index (κ2) is 4.88. The Bertz CT molecular complexity index is 493. The Morgan fingerprint density at radius 1 is 1.39 bits per heavy atom. The van der Waals surface area contributed by atoms with Crippen molar-refractivity contribution in [1.29, 1.82) is 0 Å². The zero-order chi connectivity index (χ0) is 13.3. The molecular weight excluding hydrogens is 290 g/mol. The van der Waals surface area contributed by atoms with Crippen LogP contribution in [0.3, 0.4) is 0 Å². The highest BCUT2D eigenvalue weighted by molar-refractivity contribution is 9.10. The third-order valence-electron chi connectivity index (χ3n) is 3.66. The Kier molecular flexibility index (Phi) is 3.62. The average Bonchev–Trinajstić information content (AvgIpc) is 2.33. The molecule has 1 aromatic carbocycles. The van der Waals surface area contributed by atoms with Gasteiger partial charge in [-0.15, -0.1) is 0 Å². The molecule has 0 radical (unpaired) electrons. The van der Waals surface area contributed by atoms with Crippen molar-refractivity contribution in [2.45, 2.75) is 33.2 Å². The van der Waals surface area contributed by atoms with E-state index in [1.54, 1.807) is 0 Å². The normalized spacial score (nSPS) is 19.2. The highest BCUT2D eigenvalue weighted by atomic mass is 79.9. The number of carbonyl (C=O) groups is 1. The van der Waals surface area contributed by atoms with Crippen molar-refractivity contribution in [3.05, 3.63) is 46.6 Å². The summed E-state index contributed by atoms with van der Waals surface area (Å²) in [7, 11) is 0. The summed E-state index contributed by atoms with van der Waals surface area (Å²) < 4.78 is 1.04. The summed E-state index contributed by atoms with van der Waals surface area (Å²) in [5.41, 5.74) is 2.05. The van der Waals surface area contributed by atoms with E-state index in [9.17, 15) is 4.79 Å². The number of rotatable bonds is 2. The number of hydrogen-bond acceptors (Lipinski definition) is 1. The van der Waals surface area contributed by atoms with Gasteiger partial charge in [-0.3, -0.25) is 4.79 Å². The summed E-state index contributed by atoms with van der Waals surface area (Å²) in [6, 6.07) is 8.00. The van der Waals surface area contributed by atoms with Crippen molar-refractivity contribution in [2.75, 3.05) is 0 Å². The average molecular weight is 308 g/mol. The van der Waals surface area contributed by atoms with E-state index in [2.05, 4.69) is 36.4 Å². The minimum atomic E-state index is 0.00909. The molecule has 3 heteroatoms. The van der Waals surface area contributed by atoms with Gasteiger partial charge in [-0.1, -0.05) is 54.6 Å². The topological polar surface area (TPSA) is 20.3 Å². The van der Waals surface area contributed by atoms with Crippen molar-refractivity contribution >= 4 is 21.8 Å². The Balaban J connectivity index is 2.24. The van der Waals surface area contributed by atoms with Crippen LogP contribution in [0, 0.1) is 5.41 Å². The lowest BCUT2D eigenvalue weighted by Gasteiger charge is -2.40. The molecule has 1 aliphatic heterocycles. The fourth-order valence-corrected chi connectivity index (χ4v) is 2.61. The van der Waals surface area contributed by atoms with Crippen LogP contribution >= 0.6 is 15.9 Å². The van der Waals surface area contributed by atoms with E-state index in [0.29, 0.717) is 13.0 Å². The molecule has 0 N–H and O–H groups in total. The molecule has 1 aliphatic rings. The molecule has 0 aliphatic carbocycles. The molecule has 0 aromatic heterocycles. The van der Waals surface area contributed by atoms with E-state index in [1.165, 1.54) is 0 Å². The molecule has 0 unspecified atom stereocenters. The summed E-state index contributed by atoms with van der Waals surface area (Å²) in [5, 5.41) is 0. The summed E-state index contributed by atoms with van der Waals surface area (Å²) in [4.78, 5) is 13.9. The maximum Gasteiger partial charge on any atom is 0.227 e. The molecule has 1 amide bonds. The van der Waals surface area contributed by atoms with Crippen molar-refractivity contribution in [3.63, 3.8) is 0 Å². The lowest BCUT2D eigenvalue weighted by molar-refractivity contribution is -0.133. The van der Waals surface area contributed by atoms with Crippen LogP contribution in [0.15, 0.2) is 41.0 Å². The van der Waals surface area contributed by atoms with E-state index in [1.807, 2.05) is 29.2 Å². The van der Waals surface area contributed by atoms with Crippen molar-refractivity contribution in [3.8, 4) is 0 Å². The highest BCUT2D eigenvalue weighted by Crippen LogP contribution is 2.38. The van der Waals surface area contributed by atoms with Gasteiger partial charge in [0.15, 0.2) is 0 Å². The summed E-state index contributed by atoms with van der Waals surface area (Å²) >= 11 is 3.52. The van der Waals surface area contributed by atoms with Crippen LogP contribution in [0.2, 0.25) is 0 Å².